The molecule has 1 amide bonds. The first-order chi connectivity index (χ1) is 14.1. The predicted molar refractivity (Wildman–Crippen MR) is 111 cm³/mol. The fraction of sp³-hybridized carbons (Fsp3) is 0.182. The molecule has 7 nitrogen and oxygen atoms in total. The zero-order valence-electron chi connectivity index (χ0n) is 16.3. The number of anilines is 2. The molecule has 1 heterocycles. The lowest BCUT2D eigenvalue weighted by Gasteiger charge is -2.11. The van der Waals surface area contributed by atoms with E-state index in [4.69, 9.17) is 4.74 Å². The number of nitrogens with one attached hydrogen (secondary N) is 2. The van der Waals surface area contributed by atoms with E-state index in [2.05, 4.69) is 20.6 Å². The molecule has 3 rings (SSSR count). The van der Waals surface area contributed by atoms with Crippen LogP contribution in [0.1, 0.15) is 38.9 Å². The SMILES string of the molecule is CCOC(=O)c1ccccc1NC(=O)c1ccnc(NCc2ccccc2C)n1. The molecular weight excluding hydrogens is 368 g/mol. The fourth-order valence-electron chi connectivity index (χ4n) is 2.72. The van der Waals surface area contributed by atoms with Crippen molar-refractivity contribution in [3.63, 3.8) is 0 Å². The summed E-state index contributed by atoms with van der Waals surface area (Å²) >= 11 is 0. The Kier molecular flexibility index (Phi) is 6.52. The van der Waals surface area contributed by atoms with Crippen molar-refractivity contribution < 1.29 is 14.3 Å². The van der Waals surface area contributed by atoms with E-state index in [1.165, 1.54) is 12.3 Å². The van der Waals surface area contributed by atoms with Crippen LogP contribution in [0.3, 0.4) is 0 Å². The molecule has 2 N–H and O–H groups in total. The largest absolute Gasteiger partial charge is 0.462 e. The van der Waals surface area contributed by atoms with Crippen molar-refractivity contribution >= 4 is 23.5 Å². The molecule has 0 saturated heterocycles. The highest BCUT2D eigenvalue weighted by molar-refractivity contribution is 6.07. The van der Waals surface area contributed by atoms with Crippen LogP contribution in [0, 0.1) is 6.92 Å². The number of amides is 1. The first-order valence-corrected chi connectivity index (χ1v) is 9.27. The summed E-state index contributed by atoms with van der Waals surface area (Å²) in [4.78, 5) is 33.2. The van der Waals surface area contributed by atoms with Crippen LogP contribution in [-0.4, -0.2) is 28.5 Å². The van der Waals surface area contributed by atoms with Gasteiger partial charge in [0.2, 0.25) is 5.95 Å². The number of hydrogen-bond donors (Lipinski definition) is 2. The summed E-state index contributed by atoms with van der Waals surface area (Å²) in [6, 6.07) is 16.2. The van der Waals surface area contributed by atoms with E-state index in [0.717, 1.165) is 11.1 Å². The van der Waals surface area contributed by atoms with Gasteiger partial charge in [-0.3, -0.25) is 4.79 Å². The van der Waals surface area contributed by atoms with E-state index in [9.17, 15) is 9.59 Å². The van der Waals surface area contributed by atoms with Gasteiger partial charge < -0.3 is 15.4 Å². The van der Waals surface area contributed by atoms with Gasteiger partial charge in [0.05, 0.1) is 17.9 Å². The van der Waals surface area contributed by atoms with Crippen LogP contribution in [0.25, 0.3) is 0 Å². The number of para-hydroxylation sites is 1. The maximum atomic E-state index is 12.6. The van der Waals surface area contributed by atoms with Crippen LogP contribution in [0.5, 0.6) is 0 Å². The monoisotopic (exact) mass is 390 g/mol. The van der Waals surface area contributed by atoms with Crippen LogP contribution < -0.4 is 10.6 Å². The molecule has 1 aromatic heterocycles. The Labute approximate surface area is 169 Å². The Morgan fingerprint density at radius 1 is 1.03 bits per heavy atom. The van der Waals surface area contributed by atoms with Crippen LogP contribution >= 0.6 is 0 Å². The lowest BCUT2D eigenvalue weighted by Crippen LogP contribution is -2.18. The number of carbonyl (C=O) groups excluding carboxylic acids is 2. The number of aromatic nitrogens is 2. The molecule has 0 bridgehead atoms. The van der Waals surface area contributed by atoms with E-state index in [1.807, 2.05) is 31.2 Å². The third-order valence-electron chi connectivity index (χ3n) is 4.26. The molecule has 0 saturated carbocycles. The average Bonchev–Trinajstić information content (AvgIpc) is 2.74. The average molecular weight is 390 g/mol. The summed E-state index contributed by atoms with van der Waals surface area (Å²) in [5.74, 6) is -0.589. The van der Waals surface area contributed by atoms with Gasteiger partial charge in [0.15, 0.2) is 0 Å². The summed E-state index contributed by atoms with van der Waals surface area (Å²) in [5.41, 5.74) is 3.11. The summed E-state index contributed by atoms with van der Waals surface area (Å²) in [6.07, 6.45) is 1.51. The van der Waals surface area contributed by atoms with Crippen LogP contribution in [0.15, 0.2) is 60.8 Å². The molecule has 0 spiro atoms. The second-order valence-electron chi connectivity index (χ2n) is 6.27. The molecule has 7 heteroatoms. The van der Waals surface area contributed by atoms with Gasteiger partial charge in [-0.05, 0) is 43.2 Å². The van der Waals surface area contributed by atoms with E-state index >= 15 is 0 Å². The fourth-order valence-corrected chi connectivity index (χ4v) is 2.72. The van der Waals surface area contributed by atoms with E-state index in [0.29, 0.717) is 18.2 Å². The van der Waals surface area contributed by atoms with Gasteiger partial charge in [-0.15, -0.1) is 0 Å². The van der Waals surface area contributed by atoms with Crippen molar-refractivity contribution in [2.75, 3.05) is 17.2 Å². The first kappa shape index (κ1) is 20.0. The minimum absolute atomic E-state index is 0.186. The molecule has 0 unspecified atom stereocenters. The van der Waals surface area contributed by atoms with Gasteiger partial charge in [0.1, 0.15) is 5.69 Å². The lowest BCUT2D eigenvalue weighted by molar-refractivity contribution is 0.0527. The van der Waals surface area contributed by atoms with Crippen LogP contribution in [0.2, 0.25) is 0 Å². The number of hydrogen-bond acceptors (Lipinski definition) is 6. The van der Waals surface area contributed by atoms with Gasteiger partial charge in [-0.2, -0.15) is 0 Å². The van der Waals surface area contributed by atoms with Gasteiger partial charge in [0, 0.05) is 12.7 Å². The molecular formula is C22H22N4O3. The maximum absolute atomic E-state index is 12.6. The summed E-state index contributed by atoms with van der Waals surface area (Å²) < 4.78 is 5.03. The van der Waals surface area contributed by atoms with Crippen molar-refractivity contribution in [3.8, 4) is 0 Å². The van der Waals surface area contributed by atoms with Crippen LogP contribution in [-0.2, 0) is 11.3 Å². The highest BCUT2D eigenvalue weighted by Crippen LogP contribution is 2.17. The Hall–Kier alpha value is -3.74. The zero-order chi connectivity index (χ0) is 20.6. The Morgan fingerprint density at radius 2 is 1.79 bits per heavy atom. The van der Waals surface area contributed by atoms with Gasteiger partial charge in [-0.25, -0.2) is 14.8 Å². The van der Waals surface area contributed by atoms with E-state index in [1.54, 1.807) is 31.2 Å². The topological polar surface area (TPSA) is 93.2 Å². The van der Waals surface area contributed by atoms with E-state index < -0.39 is 11.9 Å². The van der Waals surface area contributed by atoms with Crippen molar-refractivity contribution in [2.24, 2.45) is 0 Å². The smallest absolute Gasteiger partial charge is 0.340 e. The molecule has 0 aliphatic heterocycles. The second-order valence-corrected chi connectivity index (χ2v) is 6.27. The number of esters is 1. The minimum atomic E-state index is -0.494. The second kappa shape index (κ2) is 9.45. The van der Waals surface area contributed by atoms with Crippen molar-refractivity contribution in [2.45, 2.75) is 20.4 Å². The number of aryl methyl sites for hydroxylation is 1. The van der Waals surface area contributed by atoms with Crippen LogP contribution in [0.4, 0.5) is 11.6 Å². The highest BCUT2D eigenvalue weighted by atomic mass is 16.5. The Balaban J connectivity index is 1.72. The highest BCUT2D eigenvalue weighted by Gasteiger charge is 2.16. The summed E-state index contributed by atoms with van der Waals surface area (Å²) in [6.45, 7) is 4.56. The molecule has 0 aliphatic carbocycles. The third kappa shape index (κ3) is 5.16. The molecule has 0 aliphatic rings. The molecule has 148 valence electrons. The standard InChI is InChI=1S/C22H22N4O3/c1-3-29-21(28)17-10-6-7-11-18(17)25-20(27)19-12-13-23-22(26-19)24-14-16-9-5-4-8-15(16)2/h4-13H,3,14H2,1-2H3,(H,25,27)(H,23,24,26). The maximum Gasteiger partial charge on any atom is 0.340 e. The number of benzene rings is 2. The first-order valence-electron chi connectivity index (χ1n) is 9.27. The van der Waals surface area contributed by atoms with Gasteiger partial charge in [-0.1, -0.05) is 36.4 Å². The number of nitrogens with zero attached hydrogens (tertiary/aromatic N) is 2. The molecule has 0 fully saturated rings. The quantitative estimate of drug-likeness (QED) is 0.596. The Bertz CT molecular complexity index is 1020. The normalized spacial score (nSPS) is 10.3. The number of carbonyl (C=O) groups is 2. The molecule has 29 heavy (non-hydrogen) atoms. The third-order valence-corrected chi connectivity index (χ3v) is 4.26. The number of ether oxygens (including phenoxy) is 1. The molecule has 0 atom stereocenters. The molecule has 3 aromatic rings. The van der Waals surface area contributed by atoms with Gasteiger partial charge >= 0.3 is 5.97 Å². The predicted octanol–water partition coefficient (Wildman–Crippen LogP) is 3.83. The Morgan fingerprint density at radius 3 is 2.59 bits per heavy atom. The zero-order valence-corrected chi connectivity index (χ0v) is 16.3. The van der Waals surface area contributed by atoms with Gasteiger partial charge in [0.25, 0.3) is 5.91 Å². The summed E-state index contributed by atoms with van der Waals surface area (Å²) in [7, 11) is 0. The number of rotatable bonds is 7. The van der Waals surface area contributed by atoms with Crippen molar-refractivity contribution in [1.82, 2.24) is 9.97 Å². The molecule has 0 radical (unpaired) electrons. The van der Waals surface area contributed by atoms with Crippen molar-refractivity contribution in [1.29, 1.82) is 0 Å². The summed E-state index contributed by atoms with van der Waals surface area (Å²) in [5, 5.41) is 5.85. The lowest BCUT2D eigenvalue weighted by atomic mass is 10.1. The minimum Gasteiger partial charge on any atom is -0.462 e. The van der Waals surface area contributed by atoms with Crippen molar-refractivity contribution in [3.05, 3.63) is 83.2 Å². The van der Waals surface area contributed by atoms with E-state index in [-0.39, 0.29) is 17.9 Å². The molecule has 2 aromatic carbocycles.